The van der Waals surface area contributed by atoms with Crippen LogP contribution in [0.2, 0.25) is 0 Å². The number of allylic oxidation sites excluding steroid dienone is 1. The van der Waals surface area contributed by atoms with Crippen molar-refractivity contribution in [2.45, 2.75) is 83.3 Å². The zero-order valence-corrected chi connectivity index (χ0v) is 27.0. The van der Waals surface area contributed by atoms with Crippen LogP contribution in [0, 0.1) is 17.8 Å². The van der Waals surface area contributed by atoms with E-state index in [9.17, 15) is 24.9 Å². The van der Waals surface area contributed by atoms with Gasteiger partial charge in [-0.3, -0.25) is 14.5 Å². The molecule has 0 spiro atoms. The van der Waals surface area contributed by atoms with Crippen LogP contribution >= 0.6 is 15.9 Å². The Hall–Kier alpha value is -2.94. The van der Waals surface area contributed by atoms with Crippen molar-refractivity contribution >= 4 is 33.8 Å². The molecule has 5 rings (SSSR count). The Kier molecular flexibility index (Phi) is 11.0. The number of imide groups is 1. The number of aliphatic hydroxyl groups excluding tert-OH is 2. The lowest BCUT2D eigenvalue weighted by Crippen LogP contribution is -2.42. The highest BCUT2D eigenvalue weighted by Gasteiger charge is 2.56. The molecule has 2 aromatic rings. The van der Waals surface area contributed by atoms with E-state index in [2.05, 4.69) is 22.9 Å². The minimum Gasteiger partial charge on any atom is -0.507 e. The zero-order chi connectivity index (χ0) is 31.2. The van der Waals surface area contributed by atoms with Crippen LogP contribution in [-0.2, 0) is 9.59 Å². The molecule has 8 heteroatoms. The lowest BCUT2D eigenvalue weighted by molar-refractivity contribution is -0.143. The van der Waals surface area contributed by atoms with Gasteiger partial charge >= 0.3 is 0 Å². The number of rotatable bonds is 12. The number of phenolic OH excluding ortho intramolecular Hbond substituents is 1. The normalized spacial score (nSPS) is 23.7. The fourth-order valence-electron chi connectivity index (χ4n) is 7.43. The molecule has 0 unspecified atom stereocenters. The Morgan fingerprint density at radius 1 is 1.07 bits per heavy atom. The number of amides is 2. The Labute approximate surface area is 268 Å². The van der Waals surface area contributed by atoms with E-state index in [4.69, 9.17) is 4.74 Å². The molecule has 1 saturated carbocycles. The first kappa shape index (κ1) is 32.5. The van der Waals surface area contributed by atoms with Crippen molar-refractivity contribution in [2.75, 3.05) is 13.2 Å². The topological polar surface area (TPSA) is 107 Å². The van der Waals surface area contributed by atoms with Crippen LogP contribution in [0.5, 0.6) is 11.5 Å². The van der Waals surface area contributed by atoms with Crippen LogP contribution in [0.3, 0.4) is 0 Å². The lowest BCUT2D eigenvalue weighted by atomic mass is 9.68. The van der Waals surface area contributed by atoms with E-state index in [1.165, 1.54) is 4.90 Å². The molecule has 0 aromatic heterocycles. The van der Waals surface area contributed by atoms with Crippen molar-refractivity contribution in [2.24, 2.45) is 17.8 Å². The molecule has 0 radical (unpaired) electrons. The molecule has 2 aromatic carbocycles. The zero-order valence-electron chi connectivity index (χ0n) is 25.5. The van der Waals surface area contributed by atoms with Gasteiger partial charge in [0, 0.05) is 22.0 Å². The van der Waals surface area contributed by atoms with E-state index in [1.54, 1.807) is 12.1 Å². The van der Waals surface area contributed by atoms with Gasteiger partial charge in [-0.05, 0) is 80.0 Å². The highest BCUT2D eigenvalue weighted by molar-refractivity contribution is 9.10. The first-order chi connectivity index (χ1) is 21.3. The first-order valence-electron chi connectivity index (χ1n) is 16.1. The Morgan fingerprint density at radius 3 is 2.52 bits per heavy atom. The molecule has 2 amide bonds. The number of nitrogens with zero attached hydrogens (tertiary/aromatic N) is 1. The molecule has 4 atom stereocenters. The number of carbonyl (C=O) groups is 2. The van der Waals surface area contributed by atoms with E-state index in [1.807, 2.05) is 42.5 Å². The number of fused-ring (bicyclic) bond motifs is 1. The van der Waals surface area contributed by atoms with Gasteiger partial charge in [-0.15, -0.1) is 0 Å². The van der Waals surface area contributed by atoms with Crippen LogP contribution in [0.4, 0.5) is 0 Å². The number of aliphatic hydroxyl groups is 2. The van der Waals surface area contributed by atoms with E-state index >= 15 is 0 Å². The van der Waals surface area contributed by atoms with Crippen molar-refractivity contribution in [1.82, 2.24) is 4.90 Å². The molecule has 1 aliphatic heterocycles. The summed E-state index contributed by atoms with van der Waals surface area (Å²) in [5.41, 5.74) is 3.23. The first-order valence-corrected chi connectivity index (χ1v) is 16.8. The summed E-state index contributed by atoms with van der Waals surface area (Å²) in [4.78, 5) is 29.2. The minimum atomic E-state index is -0.925. The summed E-state index contributed by atoms with van der Waals surface area (Å²) in [6, 6.07) is 14.6. The third kappa shape index (κ3) is 7.13. The van der Waals surface area contributed by atoms with E-state index in [-0.39, 0.29) is 36.8 Å². The minimum absolute atomic E-state index is 0.0812. The van der Waals surface area contributed by atoms with Gasteiger partial charge < -0.3 is 20.1 Å². The molecule has 3 N–H and O–H groups in total. The number of hydrogen-bond donors (Lipinski definition) is 3. The van der Waals surface area contributed by atoms with Crippen LogP contribution < -0.4 is 4.74 Å². The van der Waals surface area contributed by atoms with Gasteiger partial charge in [0.15, 0.2) is 0 Å². The van der Waals surface area contributed by atoms with E-state index in [0.717, 1.165) is 60.6 Å². The number of phenols is 1. The highest BCUT2D eigenvalue weighted by Crippen LogP contribution is 2.48. The molecule has 236 valence electrons. The summed E-state index contributed by atoms with van der Waals surface area (Å²) in [5, 5.41) is 33.0. The average molecular weight is 667 g/mol. The number of halogens is 1. The second kappa shape index (κ2) is 14.9. The summed E-state index contributed by atoms with van der Waals surface area (Å²) >= 11 is 3.48. The fraction of sp³-hybridized carbons (Fsp3) is 0.500. The van der Waals surface area contributed by atoms with Crippen molar-refractivity contribution in [1.29, 1.82) is 0 Å². The fourth-order valence-corrected chi connectivity index (χ4v) is 7.81. The molecule has 7 nitrogen and oxygen atoms in total. The molecule has 0 bridgehead atoms. The lowest BCUT2D eigenvalue weighted by Gasteiger charge is -2.36. The predicted molar refractivity (Wildman–Crippen MR) is 174 cm³/mol. The highest BCUT2D eigenvalue weighted by atomic mass is 79.9. The maximum atomic E-state index is 13.9. The largest absolute Gasteiger partial charge is 0.507 e. The number of carbonyl (C=O) groups excluding carboxylic acids is 2. The van der Waals surface area contributed by atoms with Crippen molar-refractivity contribution < 1.29 is 29.6 Å². The number of aromatic hydroxyl groups is 1. The van der Waals surface area contributed by atoms with Crippen molar-refractivity contribution in [3.8, 4) is 11.5 Å². The molecule has 2 aliphatic carbocycles. The molecular weight excluding hydrogens is 622 g/mol. The van der Waals surface area contributed by atoms with Gasteiger partial charge in [-0.1, -0.05) is 78.4 Å². The van der Waals surface area contributed by atoms with Crippen molar-refractivity contribution in [3.05, 3.63) is 75.3 Å². The van der Waals surface area contributed by atoms with Gasteiger partial charge in [0.05, 0.1) is 24.5 Å². The van der Waals surface area contributed by atoms with Gasteiger partial charge in [0.1, 0.15) is 18.1 Å². The third-order valence-corrected chi connectivity index (χ3v) is 10.0. The molecule has 44 heavy (non-hydrogen) atoms. The number of para-hydroxylation sites is 1. The van der Waals surface area contributed by atoms with Crippen molar-refractivity contribution in [3.63, 3.8) is 0 Å². The third-order valence-electron chi connectivity index (χ3n) is 9.53. The molecule has 1 heterocycles. The van der Waals surface area contributed by atoms with E-state index < -0.39 is 23.9 Å². The Morgan fingerprint density at radius 2 is 1.82 bits per heavy atom. The van der Waals surface area contributed by atoms with Gasteiger partial charge in [-0.2, -0.15) is 0 Å². The maximum Gasteiger partial charge on any atom is 0.234 e. The SMILES string of the molecule is CCC/C(=C\c1cc(Br)ccc1O)CC[C@@H](O)C1=C(COc2ccccc2)C[C@H]2C(=O)N(C3CCCCC3)C(=O)[C@H]2[C@H]1CO. The molecule has 3 aliphatic rings. The van der Waals surface area contributed by atoms with Crippen LogP contribution in [0.25, 0.3) is 6.08 Å². The second-order valence-corrected chi connectivity index (χ2v) is 13.4. The standard InChI is InChI=1S/C36H44BrNO6/c1-2-9-23(18-24-19-26(37)15-17-31(24)40)14-16-32(41)33-25(22-44-28-12-7-4-8-13-28)20-29-34(30(33)21-39)36(43)38(35(29)42)27-10-5-3-6-11-27/h4,7-8,12-13,15,17-19,27,29-30,32,34,39-41H,2-3,5-6,9-11,14,16,20-22H2,1H3/b23-18+/t29-,30+,32-,34-/m1/s1. The quantitative estimate of drug-likeness (QED) is 0.170. The number of hydrogen-bond acceptors (Lipinski definition) is 6. The van der Waals surface area contributed by atoms with Crippen LogP contribution in [0.15, 0.2) is 69.7 Å². The average Bonchev–Trinajstić information content (AvgIpc) is 3.29. The number of ether oxygens (including phenoxy) is 1. The van der Waals surface area contributed by atoms with Crippen LogP contribution in [0.1, 0.15) is 76.7 Å². The van der Waals surface area contributed by atoms with Gasteiger partial charge in [0.2, 0.25) is 11.8 Å². The Bertz CT molecular complexity index is 1380. The summed E-state index contributed by atoms with van der Waals surface area (Å²) in [6.07, 6.45) is 8.83. The number of benzene rings is 2. The van der Waals surface area contributed by atoms with Gasteiger partial charge in [0.25, 0.3) is 0 Å². The number of likely N-dealkylation sites (tertiary alicyclic amines) is 1. The van der Waals surface area contributed by atoms with E-state index in [0.29, 0.717) is 36.1 Å². The summed E-state index contributed by atoms with van der Waals surface area (Å²) in [6.45, 7) is 1.94. The van der Waals surface area contributed by atoms with Gasteiger partial charge in [-0.25, -0.2) is 0 Å². The second-order valence-electron chi connectivity index (χ2n) is 12.4. The summed E-state index contributed by atoms with van der Waals surface area (Å²) < 4.78 is 7.00. The monoisotopic (exact) mass is 665 g/mol. The Balaban J connectivity index is 1.43. The predicted octanol–water partition coefficient (Wildman–Crippen LogP) is 6.80. The molecular formula is C36H44BrNO6. The van der Waals surface area contributed by atoms with Crippen LogP contribution in [-0.4, -0.2) is 57.4 Å². The summed E-state index contributed by atoms with van der Waals surface area (Å²) in [7, 11) is 0. The maximum absolute atomic E-state index is 13.9. The molecule has 2 fully saturated rings. The molecule has 1 saturated heterocycles. The smallest absolute Gasteiger partial charge is 0.234 e. The summed E-state index contributed by atoms with van der Waals surface area (Å²) in [5.74, 6) is -1.36.